The summed E-state index contributed by atoms with van der Waals surface area (Å²) in [5, 5.41) is 16.7. The SMILES string of the molecule is CC(C)(C)[C@@H](NC(=O)C(F)(F)F)C(=O)N1CC2(C[C@H]1C(=O)N[C@H](C#N)C[C@@H]1CCNC1=O)SCCS2. The molecule has 3 fully saturated rings. The molecule has 0 radical (unpaired) electrons. The van der Waals surface area contributed by atoms with Gasteiger partial charge in [0.05, 0.1) is 10.1 Å². The average Bonchev–Trinajstić information content (AvgIpc) is 3.50. The molecule has 9 nitrogen and oxygen atoms in total. The van der Waals surface area contributed by atoms with Crippen LogP contribution in [0.3, 0.4) is 0 Å². The summed E-state index contributed by atoms with van der Waals surface area (Å²) in [7, 11) is 0. The quantitative estimate of drug-likeness (QED) is 0.456. The second-order valence-electron chi connectivity index (χ2n) is 10.3. The molecule has 3 aliphatic heterocycles. The molecular formula is C22H30F3N5O4S2. The first-order valence-electron chi connectivity index (χ1n) is 11.6. The maximum Gasteiger partial charge on any atom is 0.471 e. The zero-order chi connectivity index (χ0) is 26.9. The highest BCUT2D eigenvalue weighted by molar-refractivity contribution is 8.21. The highest BCUT2D eigenvalue weighted by Crippen LogP contribution is 2.52. The Kier molecular flexibility index (Phi) is 8.44. The van der Waals surface area contributed by atoms with E-state index in [9.17, 15) is 37.6 Å². The van der Waals surface area contributed by atoms with Crippen LogP contribution in [-0.4, -0.2) is 81.5 Å². The van der Waals surface area contributed by atoms with Crippen molar-refractivity contribution < 1.29 is 32.3 Å². The van der Waals surface area contributed by atoms with Gasteiger partial charge in [0, 0.05) is 36.9 Å². The van der Waals surface area contributed by atoms with Gasteiger partial charge in [-0.25, -0.2) is 0 Å². The fourth-order valence-corrected chi connectivity index (χ4v) is 7.86. The molecule has 0 bridgehead atoms. The number of nitrogens with one attached hydrogen (secondary N) is 3. The summed E-state index contributed by atoms with van der Waals surface area (Å²) >= 11 is 3.17. The maximum atomic E-state index is 13.6. The molecule has 3 N–H and O–H groups in total. The normalized spacial score (nSPS) is 25.2. The van der Waals surface area contributed by atoms with Crippen molar-refractivity contribution in [2.75, 3.05) is 24.6 Å². The minimum absolute atomic E-state index is 0.121. The van der Waals surface area contributed by atoms with Crippen LogP contribution < -0.4 is 16.0 Å². The molecule has 4 atom stereocenters. The lowest BCUT2D eigenvalue weighted by atomic mass is 9.85. The van der Waals surface area contributed by atoms with E-state index in [2.05, 4.69) is 10.6 Å². The van der Waals surface area contributed by atoms with E-state index in [0.29, 0.717) is 13.0 Å². The van der Waals surface area contributed by atoms with Crippen molar-refractivity contribution in [2.24, 2.45) is 11.3 Å². The van der Waals surface area contributed by atoms with Gasteiger partial charge >= 0.3 is 12.1 Å². The molecule has 0 aromatic carbocycles. The molecule has 0 saturated carbocycles. The van der Waals surface area contributed by atoms with Gasteiger partial charge in [-0.1, -0.05) is 20.8 Å². The minimum Gasteiger partial charge on any atom is -0.356 e. The van der Waals surface area contributed by atoms with Crippen molar-refractivity contribution in [3.8, 4) is 6.07 Å². The fraction of sp³-hybridized carbons (Fsp3) is 0.773. The number of alkyl halides is 3. The predicted octanol–water partition coefficient (Wildman–Crippen LogP) is 1.39. The summed E-state index contributed by atoms with van der Waals surface area (Å²) in [5.41, 5.74) is -1.07. The summed E-state index contributed by atoms with van der Waals surface area (Å²) in [5.74, 6) is -2.62. The smallest absolute Gasteiger partial charge is 0.356 e. The Labute approximate surface area is 216 Å². The number of rotatable bonds is 6. The van der Waals surface area contributed by atoms with Crippen LogP contribution in [0.25, 0.3) is 0 Å². The lowest BCUT2D eigenvalue weighted by Gasteiger charge is -2.35. The average molecular weight is 550 g/mol. The van der Waals surface area contributed by atoms with Crippen LogP contribution in [0.5, 0.6) is 0 Å². The molecule has 14 heteroatoms. The van der Waals surface area contributed by atoms with Crippen LogP contribution in [0.15, 0.2) is 0 Å². The van der Waals surface area contributed by atoms with E-state index in [0.717, 1.165) is 11.5 Å². The van der Waals surface area contributed by atoms with Gasteiger partial charge in [-0.2, -0.15) is 18.4 Å². The number of halogens is 3. The topological polar surface area (TPSA) is 131 Å². The zero-order valence-electron chi connectivity index (χ0n) is 20.2. The lowest BCUT2D eigenvalue weighted by molar-refractivity contribution is -0.176. The van der Waals surface area contributed by atoms with Gasteiger partial charge < -0.3 is 20.9 Å². The molecule has 4 amide bonds. The van der Waals surface area contributed by atoms with E-state index in [1.165, 1.54) is 25.7 Å². The summed E-state index contributed by atoms with van der Waals surface area (Å²) in [6.45, 7) is 5.21. The number of carbonyl (C=O) groups is 4. The van der Waals surface area contributed by atoms with E-state index in [1.807, 2.05) is 11.4 Å². The minimum atomic E-state index is -5.17. The molecule has 1 spiro atoms. The van der Waals surface area contributed by atoms with Crippen molar-refractivity contribution >= 4 is 47.2 Å². The number of amides is 4. The summed E-state index contributed by atoms with van der Waals surface area (Å²) < 4.78 is 38.5. The van der Waals surface area contributed by atoms with Crippen LogP contribution in [0.2, 0.25) is 0 Å². The molecule has 36 heavy (non-hydrogen) atoms. The molecule has 0 aromatic rings. The van der Waals surface area contributed by atoms with Crippen LogP contribution >= 0.6 is 23.5 Å². The fourth-order valence-electron chi connectivity index (χ4n) is 4.60. The molecule has 0 aliphatic carbocycles. The van der Waals surface area contributed by atoms with Gasteiger partial charge in [0.15, 0.2) is 0 Å². The number of hydrogen-bond donors (Lipinski definition) is 3. The molecule has 3 rings (SSSR count). The van der Waals surface area contributed by atoms with Gasteiger partial charge in [-0.05, 0) is 18.3 Å². The molecular weight excluding hydrogens is 519 g/mol. The van der Waals surface area contributed by atoms with Crippen molar-refractivity contribution in [1.29, 1.82) is 5.26 Å². The second-order valence-corrected chi connectivity index (χ2v) is 13.5. The van der Waals surface area contributed by atoms with Gasteiger partial charge in [0.1, 0.15) is 18.1 Å². The highest BCUT2D eigenvalue weighted by Gasteiger charge is 2.54. The van der Waals surface area contributed by atoms with Gasteiger partial charge in [-0.15, -0.1) is 23.5 Å². The third-order valence-electron chi connectivity index (χ3n) is 6.49. The third kappa shape index (κ3) is 6.40. The number of carbonyl (C=O) groups excluding carboxylic acids is 4. The summed E-state index contributed by atoms with van der Waals surface area (Å²) in [4.78, 5) is 51.8. The van der Waals surface area contributed by atoms with E-state index in [-0.39, 0.29) is 25.3 Å². The van der Waals surface area contributed by atoms with Crippen molar-refractivity contribution in [3.05, 3.63) is 0 Å². The Bertz CT molecular complexity index is 943. The Hall–Kier alpha value is -2.14. The third-order valence-corrected chi connectivity index (χ3v) is 9.92. The number of likely N-dealkylation sites (tertiary alicyclic amines) is 1. The van der Waals surface area contributed by atoms with Gasteiger partial charge in [0.2, 0.25) is 17.7 Å². The molecule has 3 aliphatic rings. The monoisotopic (exact) mass is 549 g/mol. The molecule has 3 saturated heterocycles. The molecule has 0 aromatic heterocycles. The van der Waals surface area contributed by atoms with Crippen LogP contribution in [-0.2, 0) is 19.2 Å². The van der Waals surface area contributed by atoms with E-state index < -0.39 is 57.4 Å². The maximum absolute atomic E-state index is 13.6. The zero-order valence-corrected chi connectivity index (χ0v) is 21.9. The molecule has 0 unspecified atom stereocenters. The lowest BCUT2D eigenvalue weighted by Crippen LogP contribution is -2.59. The first kappa shape index (κ1) is 28.4. The van der Waals surface area contributed by atoms with Crippen molar-refractivity contribution in [2.45, 2.75) is 68.4 Å². The first-order valence-corrected chi connectivity index (χ1v) is 13.6. The first-order chi connectivity index (χ1) is 16.7. The Morgan fingerprint density at radius 1 is 1.22 bits per heavy atom. The van der Waals surface area contributed by atoms with Gasteiger partial charge in [-0.3, -0.25) is 19.2 Å². The summed E-state index contributed by atoms with van der Waals surface area (Å²) in [6, 6.07) is -1.53. The molecule has 3 heterocycles. The Morgan fingerprint density at radius 3 is 2.36 bits per heavy atom. The highest BCUT2D eigenvalue weighted by atomic mass is 32.2. The van der Waals surface area contributed by atoms with E-state index in [1.54, 1.807) is 23.5 Å². The number of hydrogen-bond acceptors (Lipinski definition) is 7. The standard InChI is InChI=1S/C22H30F3N5O4S2/c1-20(2,3)15(29-19(34)22(23,24)25)18(33)30-11-21(35-6-7-36-21)9-14(30)17(32)28-13(10-26)8-12-4-5-27-16(12)31/h12-15H,4-9,11H2,1-3H3,(H,27,31)(H,28,32)(H,29,34)/t12-,13-,14-,15-/m0/s1. The largest absolute Gasteiger partial charge is 0.471 e. The number of thioether (sulfide) groups is 2. The Morgan fingerprint density at radius 2 is 1.86 bits per heavy atom. The van der Waals surface area contributed by atoms with E-state index >= 15 is 0 Å². The number of nitrogens with zero attached hydrogens (tertiary/aromatic N) is 2. The van der Waals surface area contributed by atoms with Crippen LogP contribution in [0.1, 0.15) is 40.0 Å². The summed E-state index contributed by atoms with van der Waals surface area (Å²) in [6.07, 6.45) is -4.25. The van der Waals surface area contributed by atoms with Gasteiger partial charge in [0.25, 0.3) is 0 Å². The number of nitriles is 1. The molecule has 200 valence electrons. The van der Waals surface area contributed by atoms with E-state index in [4.69, 9.17) is 0 Å². The van der Waals surface area contributed by atoms with Crippen LogP contribution in [0, 0.1) is 22.7 Å². The van der Waals surface area contributed by atoms with Crippen molar-refractivity contribution in [3.63, 3.8) is 0 Å². The van der Waals surface area contributed by atoms with Crippen LogP contribution in [0.4, 0.5) is 13.2 Å². The second kappa shape index (κ2) is 10.7. The predicted molar refractivity (Wildman–Crippen MR) is 128 cm³/mol. The van der Waals surface area contributed by atoms with Crippen molar-refractivity contribution in [1.82, 2.24) is 20.9 Å². The Balaban J connectivity index is 1.82.